The number of hydrogen-bond acceptors (Lipinski definition) is 3. The highest BCUT2D eigenvalue weighted by atomic mass is 16.6. The van der Waals surface area contributed by atoms with E-state index in [1.165, 1.54) is 44.9 Å². The van der Waals surface area contributed by atoms with E-state index in [1.54, 1.807) is 0 Å². The standard InChI is InChI=1S/C35H52O3/c1-22(2)11-10-12-23(3)27-15-16-28-30-24(4)31-35(38-31)21-26(37-32(36)25-13-8-7-9-14-25)17-20-34(35,6)29(30)18-19-33(27,28)5/h7-9,13-14,22-24,26-31H,10-12,15-21H2,1-6H3/t23-,24-,26+,27+,28-,29-,30-,31-,33+,34+,35-/m0/s1. The van der Waals surface area contributed by atoms with Crippen LogP contribution in [0.2, 0.25) is 0 Å². The smallest absolute Gasteiger partial charge is 0.338 e. The fourth-order valence-electron chi connectivity index (χ4n) is 11.0. The van der Waals surface area contributed by atoms with Crippen molar-refractivity contribution in [3.63, 3.8) is 0 Å². The first-order valence-corrected chi connectivity index (χ1v) is 16.0. The first-order chi connectivity index (χ1) is 18.1. The van der Waals surface area contributed by atoms with Gasteiger partial charge in [-0.25, -0.2) is 4.79 Å². The number of fused-ring (bicyclic) bond motifs is 4. The van der Waals surface area contributed by atoms with Crippen LogP contribution < -0.4 is 0 Å². The van der Waals surface area contributed by atoms with Gasteiger partial charge in [0.1, 0.15) is 11.7 Å². The van der Waals surface area contributed by atoms with Gasteiger partial charge in [-0.1, -0.05) is 79.0 Å². The molecule has 1 spiro atoms. The molecule has 11 atom stereocenters. The van der Waals surface area contributed by atoms with Crippen LogP contribution in [-0.2, 0) is 9.47 Å². The number of ether oxygens (including phenoxy) is 2. The summed E-state index contributed by atoms with van der Waals surface area (Å²) in [6.07, 6.45) is 13.1. The van der Waals surface area contributed by atoms with Crippen molar-refractivity contribution in [1.29, 1.82) is 0 Å². The third kappa shape index (κ3) is 4.03. The van der Waals surface area contributed by atoms with Gasteiger partial charge in [0.05, 0.1) is 11.7 Å². The third-order valence-corrected chi connectivity index (χ3v) is 12.9. The molecule has 0 aromatic heterocycles. The zero-order valence-corrected chi connectivity index (χ0v) is 24.9. The lowest BCUT2D eigenvalue weighted by Crippen LogP contribution is -2.61. The van der Waals surface area contributed by atoms with Crippen molar-refractivity contribution in [2.24, 2.45) is 52.3 Å². The predicted molar refractivity (Wildman–Crippen MR) is 153 cm³/mol. The molecule has 4 saturated carbocycles. The zero-order valence-electron chi connectivity index (χ0n) is 24.9. The lowest BCUT2D eigenvalue weighted by molar-refractivity contribution is -0.132. The summed E-state index contributed by atoms with van der Waals surface area (Å²) >= 11 is 0. The van der Waals surface area contributed by atoms with Crippen molar-refractivity contribution in [1.82, 2.24) is 0 Å². The summed E-state index contributed by atoms with van der Waals surface area (Å²) in [5.41, 5.74) is 1.29. The van der Waals surface area contributed by atoms with E-state index in [4.69, 9.17) is 9.47 Å². The fourth-order valence-corrected chi connectivity index (χ4v) is 11.0. The molecule has 0 bridgehead atoms. The van der Waals surface area contributed by atoms with Crippen LogP contribution in [-0.4, -0.2) is 23.8 Å². The van der Waals surface area contributed by atoms with E-state index in [1.807, 2.05) is 30.3 Å². The molecule has 0 radical (unpaired) electrons. The summed E-state index contributed by atoms with van der Waals surface area (Å²) in [6.45, 7) is 15.1. The van der Waals surface area contributed by atoms with Gasteiger partial charge < -0.3 is 9.47 Å². The molecule has 1 aromatic rings. The third-order valence-electron chi connectivity index (χ3n) is 12.9. The van der Waals surface area contributed by atoms with Gasteiger partial charge in [-0.15, -0.1) is 0 Å². The molecule has 0 N–H and O–H groups in total. The SMILES string of the molecule is CC(C)CCC[C@H](C)[C@H]1CC[C@H]2[C@@H]3[C@H](C)[C@@H]4O[C@@]45C[C@H](OC(=O)c4ccccc4)CC[C@]5(C)[C@H]3CC[C@]12C. The van der Waals surface area contributed by atoms with Crippen molar-refractivity contribution in [3.8, 4) is 0 Å². The number of esters is 1. The van der Waals surface area contributed by atoms with Crippen molar-refractivity contribution in [2.45, 2.75) is 124 Å². The summed E-state index contributed by atoms with van der Waals surface area (Å²) in [4.78, 5) is 12.8. The zero-order chi connectivity index (χ0) is 26.9. The first-order valence-electron chi connectivity index (χ1n) is 16.0. The van der Waals surface area contributed by atoms with Crippen LogP contribution in [0, 0.1) is 52.3 Å². The van der Waals surface area contributed by atoms with E-state index in [-0.39, 0.29) is 23.1 Å². The minimum atomic E-state index is -0.178. The largest absolute Gasteiger partial charge is 0.459 e. The van der Waals surface area contributed by atoms with Gasteiger partial charge in [-0.2, -0.15) is 0 Å². The second-order valence-electron chi connectivity index (χ2n) is 15.2. The van der Waals surface area contributed by atoms with Crippen LogP contribution in [0.25, 0.3) is 0 Å². The van der Waals surface area contributed by atoms with E-state index in [0.717, 1.165) is 54.8 Å². The van der Waals surface area contributed by atoms with Crippen LogP contribution >= 0.6 is 0 Å². The van der Waals surface area contributed by atoms with Crippen LogP contribution in [0.15, 0.2) is 30.3 Å². The van der Waals surface area contributed by atoms with Gasteiger partial charge in [0, 0.05) is 11.8 Å². The molecule has 0 unspecified atom stereocenters. The summed E-state index contributed by atoms with van der Waals surface area (Å²) in [6, 6.07) is 9.48. The van der Waals surface area contributed by atoms with Gasteiger partial charge in [-0.05, 0) is 97.5 Å². The minimum absolute atomic E-state index is 0.0269. The van der Waals surface area contributed by atoms with Gasteiger partial charge in [0.15, 0.2) is 0 Å². The molecule has 5 fully saturated rings. The van der Waals surface area contributed by atoms with E-state index in [9.17, 15) is 4.79 Å². The Kier molecular flexibility index (Phi) is 6.81. The molecule has 1 heterocycles. The summed E-state index contributed by atoms with van der Waals surface area (Å²) in [5, 5.41) is 0. The molecule has 1 aromatic carbocycles. The average molecular weight is 521 g/mol. The van der Waals surface area contributed by atoms with Crippen LogP contribution in [0.1, 0.15) is 116 Å². The molecule has 4 aliphatic carbocycles. The Hall–Kier alpha value is -1.35. The summed E-state index contributed by atoms with van der Waals surface area (Å²) in [7, 11) is 0. The number of carbonyl (C=O) groups excluding carboxylic acids is 1. The molecule has 38 heavy (non-hydrogen) atoms. The van der Waals surface area contributed by atoms with Crippen molar-refractivity contribution in [3.05, 3.63) is 35.9 Å². The average Bonchev–Trinajstić information content (AvgIpc) is 3.51. The number of epoxide rings is 1. The topological polar surface area (TPSA) is 38.8 Å². The summed E-state index contributed by atoms with van der Waals surface area (Å²) in [5.74, 6) is 5.37. The maximum absolute atomic E-state index is 12.8. The normalized spacial score (nSPS) is 45.9. The van der Waals surface area contributed by atoms with Crippen molar-refractivity contribution < 1.29 is 14.3 Å². The molecule has 3 nitrogen and oxygen atoms in total. The Bertz CT molecular complexity index is 1020. The van der Waals surface area contributed by atoms with Crippen molar-refractivity contribution >= 4 is 5.97 Å². The van der Waals surface area contributed by atoms with Crippen LogP contribution in [0.5, 0.6) is 0 Å². The molecule has 1 aliphatic heterocycles. The number of rotatable bonds is 7. The number of benzene rings is 1. The Morgan fingerprint density at radius 3 is 2.50 bits per heavy atom. The highest BCUT2D eigenvalue weighted by molar-refractivity contribution is 5.89. The van der Waals surface area contributed by atoms with Crippen molar-refractivity contribution in [2.75, 3.05) is 0 Å². The van der Waals surface area contributed by atoms with E-state index >= 15 is 0 Å². The first kappa shape index (κ1) is 26.9. The molecule has 1 saturated heterocycles. The Morgan fingerprint density at radius 1 is 1.00 bits per heavy atom. The summed E-state index contributed by atoms with van der Waals surface area (Å²) < 4.78 is 12.9. The second-order valence-corrected chi connectivity index (χ2v) is 15.2. The maximum atomic E-state index is 12.8. The lowest BCUT2D eigenvalue weighted by Gasteiger charge is -2.61. The second kappa shape index (κ2) is 9.64. The van der Waals surface area contributed by atoms with E-state index < -0.39 is 0 Å². The predicted octanol–water partition coefficient (Wildman–Crippen LogP) is 8.71. The molecule has 0 amide bonds. The highest BCUT2D eigenvalue weighted by Gasteiger charge is 2.78. The fraction of sp³-hybridized carbons (Fsp3) is 0.800. The Labute approximate surface area is 231 Å². The lowest BCUT2D eigenvalue weighted by atomic mass is 9.42. The monoisotopic (exact) mass is 520 g/mol. The van der Waals surface area contributed by atoms with Gasteiger partial charge >= 0.3 is 5.97 Å². The van der Waals surface area contributed by atoms with E-state index in [0.29, 0.717) is 23.0 Å². The highest BCUT2D eigenvalue weighted by Crippen LogP contribution is 2.75. The Morgan fingerprint density at radius 2 is 1.76 bits per heavy atom. The van der Waals surface area contributed by atoms with Gasteiger partial charge in [0.2, 0.25) is 0 Å². The molecular formula is C35H52O3. The number of hydrogen-bond donors (Lipinski definition) is 0. The van der Waals surface area contributed by atoms with Gasteiger partial charge in [-0.3, -0.25) is 0 Å². The van der Waals surface area contributed by atoms with Crippen LogP contribution in [0.4, 0.5) is 0 Å². The van der Waals surface area contributed by atoms with Gasteiger partial charge in [0.25, 0.3) is 0 Å². The maximum Gasteiger partial charge on any atom is 0.338 e. The molecule has 6 rings (SSSR count). The molecule has 210 valence electrons. The van der Waals surface area contributed by atoms with E-state index in [2.05, 4.69) is 41.5 Å². The molecular weight excluding hydrogens is 468 g/mol. The van der Waals surface area contributed by atoms with Crippen LogP contribution in [0.3, 0.4) is 0 Å². The quantitative estimate of drug-likeness (QED) is 0.266. The minimum Gasteiger partial charge on any atom is -0.459 e. The number of carbonyl (C=O) groups is 1. The molecule has 5 aliphatic rings. The Balaban J connectivity index is 1.17. The molecule has 3 heteroatoms.